The molecule has 0 aliphatic rings. The van der Waals surface area contributed by atoms with Crippen molar-refractivity contribution in [2.75, 3.05) is 14.2 Å². The monoisotopic (exact) mass is 524 g/mol. The van der Waals surface area contributed by atoms with Gasteiger partial charge in [-0.15, -0.1) is 0 Å². The van der Waals surface area contributed by atoms with E-state index in [9.17, 15) is 14.4 Å². The molecule has 0 radical (unpaired) electrons. The molecule has 7 nitrogen and oxygen atoms in total. The first-order valence-electron chi connectivity index (χ1n) is 12.8. The second-order valence-electron chi connectivity index (χ2n) is 11.0. The molecule has 0 unspecified atom stereocenters. The lowest BCUT2D eigenvalue weighted by Gasteiger charge is -2.24. The number of esters is 2. The van der Waals surface area contributed by atoms with Crippen LogP contribution in [0.15, 0.2) is 30.3 Å². The van der Waals surface area contributed by atoms with Gasteiger partial charge in [0.15, 0.2) is 5.78 Å². The molecule has 0 aliphatic carbocycles. The molecular weight excluding hydrogens is 484 g/mol. The van der Waals surface area contributed by atoms with Gasteiger partial charge in [-0.3, -0.25) is 14.4 Å². The summed E-state index contributed by atoms with van der Waals surface area (Å²) in [7, 11) is 3.07. The number of ketones is 1. The molecule has 0 saturated heterocycles. The summed E-state index contributed by atoms with van der Waals surface area (Å²) in [4.78, 5) is 37.9. The van der Waals surface area contributed by atoms with Crippen molar-refractivity contribution in [3.05, 3.63) is 52.6 Å². The molecular formula is C31H40O7. The first kappa shape index (κ1) is 30.6. The van der Waals surface area contributed by atoms with Crippen molar-refractivity contribution in [1.82, 2.24) is 0 Å². The number of hydrogen-bond acceptors (Lipinski definition) is 7. The molecule has 0 N–H and O–H groups in total. The Kier molecular flexibility index (Phi) is 9.90. The maximum absolute atomic E-state index is 13.0. The van der Waals surface area contributed by atoms with E-state index in [4.69, 9.17) is 18.9 Å². The third-order valence-corrected chi connectivity index (χ3v) is 5.87. The zero-order valence-electron chi connectivity index (χ0n) is 24.2. The highest BCUT2D eigenvalue weighted by atomic mass is 16.5. The molecule has 206 valence electrons. The van der Waals surface area contributed by atoms with E-state index >= 15 is 0 Å². The molecule has 0 saturated carbocycles. The van der Waals surface area contributed by atoms with E-state index in [2.05, 4.69) is 0 Å². The largest absolute Gasteiger partial charge is 0.496 e. The van der Waals surface area contributed by atoms with Gasteiger partial charge in [-0.2, -0.15) is 0 Å². The second kappa shape index (κ2) is 12.3. The predicted octanol–water partition coefficient (Wildman–Crippen LogP) is 6.63. The van der Waals surface area contributed by atoms with Crippen molar-refractivity contribution >= 4 is 23.8 Å². The molecule has 7 heteroatoms. The number of rotatable bonds is 9. The van der Waals surface area contributed by atoms with Gasteiger partial charge >= 0.3 is 11.9 Å². The summed E-state index contributed by atoms with van der Waals surface area (Å²) >= 11 is 0. The molecule has 0 fully saturated rings. The van der Waals surface area contributed by atoms with E-state index in [0.717, 1.165) is 11.1 Å². The van der Waals surface area contributed by atoms with Gasteiger partial charge in [0.2, 0.25) is 0 Å². The first-order valence-corrected chi connectivity index (χ1v) is 12.8. The van der Waals surface area contributed by atoms with Crippen LogP contribution in [-0.4, -0.2) is 31.9 Å². The van der Waals surface area contributed by atoms with Crippen molar-refractivity contribution in [3.8, 4) is 23.0 Å². The lowest BCUT2D eigenvalue weighted by Crippen LogP contribution is -2.26. The van der Waals surface area contributed by atoms with Crippen LogP contribution in [0.2, 0.25) is 0 Å². The second-order valence-corrected chi connectivity index (χ2v) is 11.0. The SMILES string of the molecule is CCc1c(OC)c(C=CC(=O)c2ccc(OC(=O)C(C)(C)C)cc2)c(OC)c(CC)c1OC(=O)C(C)(C)C. The van der Waals surface area contributed by atoms with Crippen LogP contribution in [-0.2, 0) is 22.4 Å². The molecule has 2 aromatic carbocycles. The third kappa shape index (κ3) is 7.03. The first-order chi connectivity index (χ1) is 17.7. The molecule has 0 spiro atoms. The van der Waals surface area contributed by atoms with Crippen LogP contribution in [0.1, 0.15) is 82.4 Å². The van der Waals surface area contributed by atoms with Crippen molar-refractivity contribution in [2.45, 2.75) is 68.2 Å². The van der Waals surface area contributed by atoms with E-state index in [1.165, 1.54) is 20.3 Å². The smallest absolute Gasteiger partial charge is 0.316 e. The van der Waals surface area contributed by atoms with E-state index in [-0.39, 0.29) is 17.7 Å². The Morgan fingerprint density at radius 3 is 1.55 bits per heavy atom. The Morgan fingerprint density at radius 2 is 1.16 bits per heavy atom. The number of hydrogen-bond donors (Lipinski definition) is 0. The number of ether oxygens (including phenoxy) is 4. The Morgan fingerprint density at radius 1 is 0.711 bits per heavy atom. The van der Waals surface area contributed by atoms with E-state index < -0.39 is 10.8 Å². The fourth-order valence-electron chi connectivity index (χ4n) is 3.65. The summed E-state index contributed by atoms with van der Waals surface area (Å²) < 4.78 is 22.8. The molecule has 0 bridgehead atoms. The minimum Gasteiger partial charge on any atom is -0.496 e. The van der Waals surface area contributed by atoms with Crippen LogP contribution < -0.4 is 18.9 Å². The van der Waals surface area contributed by atoms with Gasteiger partial charge in [-0.25, -0.2) is 0 Å². The predicted molar refractivity (Wildman–Crippen MR) is 148 cm³/mol. The molecule has 0 atom stereocenters. The van der Waals surface area contributed by atoms with Crippen LogP contribution in [0, 0.1) is 10.8 Å². The fraction of sp³-hybridized carbons (Fsp3) is 0.452. The maximum Gasteiger partial charge on any atom is 0.316 e. The van der Waals surface area contributed by atoms with Gasteiger partial charge in [-0.1, -0.05) is 13.8 Å². The van der Waals surface area contributed by atoms with Gasteiger partial charge in [0.25, 0.3) is 0 Å². The van der Waals surface area contributed by atoms with Gasteiger partial charge in [-0.05, 0) is 90.8 Å². The van der Waals surface area contributed by atoms with Crippen molar-refractivity contribution < 1.29 is 33.3 Å². The number of carbonyl (C=O) groups excluding carboxylic acids is 3. The zero-order valence-corrected chi connectivity index (χ0v) is 24.2. The quantitative estimate of drug-likeness (QED) is 0.157. The van der Waals surface area contributed by atoms with E-state index in [1.54, 1.807) is 71.9 Å². The molecule has 0 amide bonds. The Bertz CT molecular complexity index is 1170. The van der Waals surface area contributed by atoms with Crippen LogP contribution in [0.3, 0.4) is 0 Å². The van der Waals surface area contributed by atoms with Crippen LogP contribution in [0.4, 0.5) is 0 Å². The van der Waals surface area contributed by atoms with Gasteiger partial charge < -0.3 is 18.9 Å². The summed E-state index contributed by atoms with van der Waals surface area (Å²) in [5.74, 6) is 0.800. The fourth-order valence-corrected chi connectivity index (χ4v) is 3.65. The lowest BCUT2D eigenvalue weighted by molar-refractivity contribution is -0.143. The highest BCUT2D eigenvalue weighted by Crippen LogP contribution is 2.45. The molecule has 2 rings (SSSR count). The van der Waals surface area contributed by atoms with Gasteiger partial charge in [0.05, 0.1) is 30.6 Å². The Balaban J connectivity index is 2.50. The van der Waals surface area contributed by atoms with Crippen LogP contribution in [0.5, 0.6) is 23.0 Å². The summed E-state index contributed by atoms with van der Waals surface area (Å²) in [6, 6.07) is 6.40. The van der Waals surface area contributed by atoms with E-state index in [1.807, 2.05) is 13.8 Å². The zero-order chi connectivity index (χ0) is 28.8. The molecule has 0 aromatic heterocycles. The summed E-state index contributed by atoms with van der Waals surface area (Å²) in [5, 5.41) is 0. The van der Waals surface area contributed by atoms with Crippen molar-refractivity contribution in [1.29, 1.82) is 0 Å². The minimum atomic E-state index is -0.692. The third-order valence-electron chi connectivity index (χ3n) is 5.87. The summed E-state index contributed by atoms with van der Waals surface area (Å²) in [6.45, 7) is 14.6. The van der Waals surface area contributed by atoms with Crippen molar-refractivity contribution in [3.63, 3.8) is 0 Å². The highest BCUT2D eigenvalue weighted by molar-refractivity contribution is 6.07. The average Bonchev–Trinajstić information content (AvgIpc) is 2.85. The molecule has 0 heterocycles. The molecule has 2 aromatic rings. The standard InChI is InChI=1S/C31H40O7/c1-11-21-25(35-9)23(26(36-10)22(12-2)27(21)38-29(34)31(6,7)8)17-18-24(32)19-13-15-20(16-14-19)37-28(33)30(3,4)5/h13-18H,11-12H2,1-10H3. The molecule has 38 heavy (non-hydrogen) atoms. The summed E-state index contributed by atoms with van der Waals surface area (Å²) in [6.07, 6.45) is 4.17. The highest BCUT2D eigenvalue weighted by Gasteiger charge is 2.30. The number of carbonyl (C=O) groups is 3. The number of benzene rings is 2. The van der Waals surface area contributed by atoms with Crippen LogP contribution >= 0.6 is 0 Å². The summed E-state index contributed by atoms with van der Waals surface area (Å²) in [5.41, 5.74) is 1.13. The normalized spacial score (nSPS) is 11.8. The number of allylic oxidation sites excluding steroid dienone is 1. The van der Waals surface area contributed by atoms with Gasteiger partial charge in [0, 0.05) is 16.7 Å². The van der Waals surface area contributed by atoms with Crippen molar-refractivity contribution in [2.24, 2.45) is 10.8 Å². The minimum absolute atomic E-state index is 0.248. The molecule has 0 aliphatic heterocycles. The lowest BCUT2D eigenvalue weighted by atomic mass is 9.94. The van der Waals surface area contributed by atoms with E-state index in [0.29, 0.717) is 47.0 Å². The maximum atomic E-state index is 13.0. The average molecular weight is 525 g/mol. The topological polar surface area (TPSA) is 88.1 Å². The Labute approximate surface area is 226 Å². The Hall–Kier alpha value is -3.61. The van der Waals surface area contributed by atoms with Gasteiger partial charge in [0.1, 0.15) is 23.0 Å². The number of methoxy groups -OCH3 is 2. The van der Waals surface area contributed by atoms with Crippen LogP contribution in [0.25, 0.3) is 6.08 Å².